The van der Waals surface area contributed by atoms with E-state index >= 15 is 0 Å². The number of rotatable bonds is 3. The van der Waals surface area contributed by atoms with Gasteiger partial charge in [0.25, 0.3) is 0 Å². The summed E-state index contributed by atoms with van der Waals surface area (Å²) in [5.74, 6) is 0.743. The Hall–Kier alpha value is 0.479. The maximum atomic E-state index is 8.32. The number of aliphatic hydroxyl groups excluding tert-OH is 1. The molecule has 0 saturated carbocycles. The van der Waals surface area contributed by atoms with Gasteiger partial charge in [0.1, 0.15) is 0 Å². The van der Waals surface area contributed by atoms with Crippen LogP contribution in [0, 0.1) is 5.92 Å². The molecule has 0 fully saturated rings. The Morgan fingerprint density at radius 2 is 1.88 bits per heavy atom. The van der Waals surface area contributed by atoms with Gasteiger partial charge in [0.05, 0.1) is 0 Å². The molecule has 0 aliphatic heterocycles. The SMILES string of the molecule is CC(C)CCCO.[Cu]. The summed E-state index contributed by atoms with van der Waals surface area (Å²) in [6.45, 7) is 4.67. The van der Waals surface area contributed by atoms with Crippen molar-refractivity contribution in [3.05, 3.63) is 0 Å². The van der Waals surface area contributed by atoms with Gasteiger partial charge in [-0.05, 0) is 18.8 Å². The Balaban J connectivity index is 0. The molecule has 0 bridgehead atoms. The number of hydrogen-bond acceptors (Lipinski definition) is 1. The molecule has 0 aliphatic carbocycles. The minimum atomic E-state index is 0. The summed E-state index contributed by atoms with van der Waals surface area (Å²) in [6, 6.07) is 0. The van der Waals surface area contributed by atoms with Gasteiger partial charge in [-0.3, -0.25) is 0 Å². The number of hydrogen-bond donors (Lipinski definition) is 1. The standard InChI is InChI=1S/C6H14O.Cu/c1-6(2)4-3-5-7;/h6-7H,3-5H2,1-2H3;. The fourth-order valence-electron chi connectivity index (χ4n) is 0.500. The van der Waals surface area contributed by atoms with Gasteiger partial charge in [-0.2, -0.15) is 0 Å². The Morgan fingerprint density at radius 3 is 2.00 bits per heavy atom. The molecule has 1 N–H and O–H groups in total. The molecule has 0 amide bonds. The summed E-state index contributed by atoms with van der Waals surface area (Å²) < 4.78 is 0. The summed E-state index contributed by atoms with van der Waals surface area (Å²) in [5.41, 5.74) is 0. The third-order valence-electron chi connectivity index (χ3n) is 0.940. The third-order valence-corrected chi connectivity index (χ3v) is 0.940. The van der Waals surface area contributed by atoms with Crippen molar-refractivity contribution in [3.63, 3.8) is 0 Å². The van der Waals surface area contributed by atoms with Gasteiger partial charge in [0, 0.05) is 23.7 Å². The van der Waals surface area contributed by atoms with Crippen molar-refractivity contribution < 1.29 is 22.2 Å². The van der Waals surface area contributed by atoms with Gasteiger partial charge in [0.2, 0.25) is 0 Å². The van der Waals surface area contributed by atoms with Gasteiger partial charge in [-0.15, -0.1) is 0 Å². The van der Waals surface area contributed by atoms with Crippen LogP contribution in [0.1, 0.15) is 26.7 Å². The van der Waals surface area contributed by atoms with E-state index in [2.05, 4.69) is 13.8 Å². The van der Waals surface area contributed by atoms with E-state index in [1.807, 2.05) is 0 Å². The van der Waals surface area contributed by atoms with Crippen LogP contribution in [0.3, 0.4) is 0 Å². The molecule has 0 saturated heterocycles. The van der Waals surface area contributed by atoms with Crippen molar-refractivity contribution in [2.75, 3.05) is 6.61 Å². The molecule has 0 aromatic heterocycles. The van der Waals surface area contributed by atoms with Gasteiger partial charge in [-0.25, -0.2) is 0 Å². The van der Waals surface area contributed by atoms with E-state index in [0.29, 0.717) is 6.61 Å². The molecule has 1 radical (unpaired) electrons. The molecule has 0 aromatic carbocycles. The van der Waals surface area contributed by atoms with E-state index in [0.717, 1.165) is 18.8 Å². The van der Waals surface area contributed by atoms with Crippen molar-refractivity contribution in [2.24, 2.45) is 5.92 Å². The normalized spacial score (nSPS) is 9.00. The smallest absolute Gasteiger partial charge is 0.0431 e. The minimum Gasteiger partial charge on any atom is -0.396 e. The zero-order chi connectivity index (χ0) is 5.70. The first-order chi connectivity index (χ1) is 3.27. The quantitative estimate of drug-likeness (QED) is 0.628. The molecule has 0 spiro atoms. The van der Waals surface area contributed by atoms with E-state index in [-0.39, 0.29) is 17.1 Å². The fourth-order valence-corrected chi connectivity index (χ4v) is 0.500. The van der Waals surface area contributed by atoms with Crippen LogP contribution in [0.2, 0.25) is 0 Å². The van der Waals surface area contributed by atoms with Crippen LogP contribution in [0.5, 0.6) is 0 Å². The Bertz CT molecular complexity index is 37.5. The molecule has 0 unspecified atom stereocenters. The Kier molecular flexibility index (Phi) is 10.6. The summed E-state index contributed by atoms with van der Waals surface area (Å²) >= 11 is 0. The molecule has 0 aliphatic rings. The summed E-state index contributed by atoms with van der Waals surface area (Å²) in [4.78, 5) is 0. The third kappa shape index (κ3) is 9.70. The van der Waals surface area contributed by atoms with Crippen LogP contribution in [-0.2, 0) is 17.1 Å². The second-order valence-electron chi connectivity index (χ2n) is 2.26. The molecule has 0 atom stereocenters. The van der Waals surface area contributed by atoms with Gasteiger partial charge in [0.15, 0.2) is 0 Å². The average Bonchev–Trinajstić information content (AvgIpc) is 1.61. The van der Waals surface area contributed by atoms with E-state index in [9.17, 15) is 0 Å². The summed E-state index contributed by atoms with van der Waals surface area (Å²) in [7, 11) is 0. The molecule has 1 nitrogen and oxygen atoms in total. The second kappa shape index (κ2) is 7.48. The van der Waals surface area contributed by atoms with Crippen molar-refractivity contribution in [2.45, 2.75) is 26.7 Å². The van der Waals surface area contributed by atoms with E-state index < -0.39 is 0 Å². The molecule has 0 aromatic rings. The fraction of sp³-hybridized carbons (Fsp3) is 1.00. The van der Waals surface area contributed by atoms with Crippen molar-refractivity contribution in [1.29, 1.82) is 0 Å². The predicted octanol–water partition coefficient (Wildman–Crippen LogP) is 1.41. The first kappa shape index (κ1) is 11.3. The van der Waals surface area contributed by atoms with Crippen LogP contribution in [-0.4, -0.2) is 11.7 Å². The van der Waals surface area contributed by atoms with Gasteiger partial charge >= 0.3 is 0 Å². The maximum absolute atomic E-state index is 8.32. The second-order valence-corrected chi connectivity index (χ2v) is 2.26. The van der Waals surface area contributed by atoms with Crippen molar-refractivity contribution >= 4 is 0 Å². The number of aliphatic hydroxyl groups is 1. The van der Waals surface area contributed by atoms with Gasteiger partial charge < -0.3 is 5.11 Å². The molecule has 55 valence electrons. The van der Waals surface area contributed by atoms with Crippen molar-refractivity contribution in [1.82, 2.24) is 0 Å². The van der Waals surface area contributed by atoms with Gasteiger partial charge in [-0.1, -0.05) is 13.8 Å². The van der Waals surface area contributed by atoms with Crippen molar-refractivity contribution in [3.8, 4) is 0 Å². The van der Waals surface area contributed by atoms with E-state index in [4.69, 9.17) is 5.11 Å². The van der Waals surface area contributed by atoms with Crippen LogP contribution in [0.15, 0.2) is 0 Å². The first-order valence-corrected chi connectivity index (χ1v) is 2.88. The minimum absolute atomic E-state index is 0. The van der Waals surface area contributed by atoms with E-state index in [1.54, 1.807) is 0 Å². The molecule has 0 heterocycles. The molecular formula is C6H14CuO. The van der Waals surface area contributed by atoms with E-state index in [1.165, 1.54) is 0 Å². The molecule has 2 heteroatoms. The van der Waals surface area contributed by atoms with Crippen LogP contribution in [0.4, 0.5) is 0 Å². The monoisotopic (exact) mass is 165 g/mol. The van der Waals surface area contributed by atoms with Crippen LogP contribution in [0.25, 0.3) is 0 Å². The maximum Gasteiger partial charge on any atom is 0.0431 e. The van der Waals surface area contributed by atoms with Crippen LogP contribution < -0.4 is 0 Å². The first-order valence-electron chi connectivity index (χ1n) is 2.88. The zero-order valence-electron chi connectivity index (χ0n) is 5.45. The molecular weight excluding hydrogens is 152 g/mol. The largest absolute Gasteiger partial charge is 0.396 e. The molecule has 8 heavy (non-hydrogen) atoms. The summed E-state index contributed by atoms with van der Waals surface area (Å²) in [5, 5.41) is 8.32. The zero-order valence-corrected chi connectivity index (χ0v) is 6.39. The predicted molar refractivity (Wildman–Crippen MR) is 31.2 cm³/mol. The summed E-state index contributed by atoms with van der Waals surface area (Å²) in [6.07, 6.45) is 2.11. The Labute approximate surface area is 62.0 Å². The van der Waals surface area contributed by atoms with Crippen LogP contribution >= 0.6 is 0 Å². The average molecular weight is 166 g/mol. The topological polar surface area (TPSA) is 20.2 Å². The Morgan fingerprint density at radius 1 is 1.38 bits per heavy atom. The molecule has 0 rings (SSSR count).